The van der Waals surface area contributed by atoms with Gasteiger partial charge in [-0.25, -0.2) is 9.97 Å². The summed E-state index contributed by atoms with van der Waals surface area (Å²) in [4.78, 5) is 9.23. The summed E-state index contributed by atoms with van der Waals surface area (Å²) in [6.07, 6.45) is 3.93. The van der Waals surface area contributed by atoms with Gasteiger partial charge in [0, 0.05) is 23.9 Å². The Hall–Kier alpha value is -1.98. The van der Waals surface area contributed by atoms with Crippen molar-refractivity contribution in [1.82, 2.24) is 19.1 Å². The summed E-state index contributed by atoms with van der Waals surface area (Å²) in [5, 5.41) is 8.63. The van der Waals surface area contributed by atoms with Crippen molar-refractivity contribution >= 4 is 11.6 Å². The van der Waals surface area contributed by atoms with E-state index in [2.05, 4.69) is 84.7 Å². The molecule has 0 bridgehead atoms. The van der Waals surface area contributed by atoms with Crippen LogP contribution in [0, 0.1) is 0 Å². The fourth-order valence-corrected chi connectivity index (χ4v) is 2.67. The average Bonchev–Trinajstić information content (AvgIpc) is 3.09. The second kappa shape index (κ2) is 7.28. The molecule has 0 amide bonds. The van der Waals surface area contributed by atoms with Crippen molar-refractivity contribution in [3.05, 3.63) is 24.0 Å². The van der Waals surface area contributed by atoms with Gasteiger partial charge in [0.1, 0.15) is 11.6 Å². The summed E-state index contributed by atoms with van der Waals surface area (Å²) >= 11 is 0. The Balaban J connectivity index is 2.31. The molecule has 0 aromatic carbocycles. The van der Waals surface area contributed by atoms with E-state index in [1.165, 1.54) is 0 Å². The van der Waals surface area contributed by atoms with Gasteiger partial charge in [0.25, 0.3) is 0 Å². The maximum Gasteiger partial charge on any atom is 0.192 e. The first-order chi connectivity index (χ1) is 11.2. The second-order valence-corrected chi connectivity index (χ2v) is 7.43. The number of aromatic nitrogens is 4. The lowest BCUT2D eigenvalue weighted by atomic mass is 10.2. The molecule has 0 saturated heterocycles. The molecule has 6 heteroatoms. The van der Waals surface area contributed by atoms with Crippen molar-refractivity contribution in [3.8, 4) is 0 Å². The van der Waals surface area contributed by atoms with Crippen molar-refractivity contribution in [2.75, 3.05) is 0 Å². The van der Waals surface area contributed by atoms with Crippen molar-refractivity contribution < 1.29 is 0 Å². The van der Waals surface area contributed by atoms with Gasteiger partial charge in [0.05, 0.1) is 12.4 Å². The Morgan fingerprint density at radius 3 is 1.21 bits per heavy atom. The van der Waals surface area contributed by atoms with Gasteiger partial charge in [0.2, 0.25) is 0 Å². The number of imidazole rings is 2. The minimum absolute atomic E-state index is 0.351. The first kappa shape index (κ1) is 18.4. The molecule has 24 heavy (non-hydrogen) atoms. The number of nitrogens with zero attached hydrogens (tertiary/aromatic N) is 6. The van der Waals surface area contributed by atoms with Crippen LogP contribution in [0.15, 0.2) is 22.6 Å². The zero-order valence-electron chi connectivity index (χ0n) is 16.1. The molecular formula is C18H30N6. The minimum atomic E-state index is 0.351. The summed E-state index contributed by atoms with van der Waals surface area (Å²) < 4.78 is 4.32. The lowest BCUT2D eigenvalue weighted by Gasteiger charge is -2.12. The van der Waals surface area contributed by atoms with E-state index >= 15 is 0 Å². The van der Waals surface area contributed by atoms with E-state index in [1.54, 1.807) is 0 Å². The second-order valence-electron chi connectivity index (χ2n) is 7.43. The van der Waals surface area contributed by atoms with Crippen molar-refractivity contribution in [2.24, 2.45) is 10.2 Å². The maximum absolute atomic E-state index is 4.61. The first-order valence-corrected chi connectivity index (χ1v) is 8.80. The van der Waals surface area contributed by atoms with E-state index < -0.39 is 0 Å². The topological polar surface area (TPSA) is 60.4 Å². The van der Waals surface area contributed by atoms with E-state index in [4.69, 9.17) is 0 Å². The fraction of sp³-hybridized carbons (Fsp3) is 0.667. The van der Waals surface area contributed by atoms with Crippen LogP contribution in [0.2, 0.25) is 0 Å². The number of rotatable bonds is 6. The molecule has 2 rings (SSSR count). The van der Waals surface area contributed by atoms with Crippen LogP contribution in [0.25, 0.3) is 0 Å². The van der Waals surface area contributed by atoms with Crippen LogP contribution < -0.4 is 0 Å². The molecule has 2 heterocycles. The molecule has 0 saturated carbocycles. The third-order valence-electron chi connectivity index (χ3n) is 3.90. The summed E-state index contributed by atoms with van der Waals surface area (Å²) in [5.74, 6) is 4.05. The van der Waals surface area contributed by atoms with Gasteiger partial charge in [-0.3, -0.25) is 0 Å². The largest absolute Gasteiger partial charge is 0.330 e. The van der Waals surface area contributed by atoms with Gasteiger partial charge in [-0.15, -0.1) is 10.2 Å². The van der Waals surface area contributed by atoms with Gasteiger partial charge < -0.3 is 9.13 Å². The molecule has 0 aliphatic heterocycles. The Kier molecular flexibility index (Phi) is 5.57. The highest BCUT2D eigenvalue weighted by Crippen LogP contribution is 2.26. The average molecular weight is 330 g/mol. The Bertz CT molecular complexity index is 592. The van der Waals surface area contributed by atoms with E-state index in [9.17, 15) is 0 Å². The van der Waals surface area contributed by atoms with Crippen LogP contribution in [0.1, 0.15) is 91.0 Å². The Labute approximate surface area is 145 Å². The van der Waals surface area contributed by atoms with E-state index in [0.717, 1.165) is 11.6 Å². The third kappa shape index (κ3) is 3.91. The van der Waals surface area contributed by atoms with Crippen LogP contribution in [0.4, 0.5) is 11.6 Å². The Morgan fingerprint density at radius 1 is 0.667 bits per heavy atom. The monoisotopic (exact) mass is 330 g/mol. The lowest BCUT2D eigenvalue weighted by Crippen LogP contribution is -2.06. The van der Waals surface area contributed by atoms with Crippen LogP contribution in [-0.4, -0.2) is 19.1 Å². The highest BCUT2D eigenvalue weighted by Gasteiger charge is 2.15. The molecule has 0 radical (unpaired) electrons. The first-order valence-electron chi connectivity index (χ1n) is 8.80. The number of azo groups is 1. The van der Waals surface area contributed by atoms with Crippen molar-refractivity contribution in [1.29, 1.82) is 0 Å². The van der Waals surface area contributed by atoms with Gasteiger partial charge in [-0.05, 0) is 27.7 Å². The molecule has 0 N–H and O–H groups in total. The summed E-state index contributed by atoms with van der Waals surface area (Å²) in [6, 6.07) is 0.707. The molecule has 0 spiro atoms. The van der Waals surface area contributed by atoms with E-state index in [0.29, 0.717) is 35.6 Å². The summed E-state index contributed by atoms with van der Waals surface area (Å²) in [5.41, 5.74) is 0. The van der Waals surface area contributed by atoms with E-state index in [1.807, 2.05) is 12.4 Å². The SMILES string of the molecule is CC(C)c1nc(/N=N/c2cn(C(C)C)c(C(C)C)n2)cn1C(C)C. The normalized spacial score (nSPS) is 12.7. The molecule has 0 unspecified atom stereocenters. The van der Waals surface area contributed by atoms with Crippen molar-refractivity contribution in [2.45, 2.75) is 79.3 Å². The molecule has 0 atom stereocenters. The summed E-state index contributed by atoms with van der Waals surface area (Å²) in [7, 11) is 0. The molecule has 2 aromatic heterocycles. The number of hydrogen-bond acceptors (Lipinski definition) is 4. The fourth-order valence-electron chi connectivity index (χ4n) is 2.67. The molecule has 0 fully saturated rings. The molecule has 0 aliphatic rings. The van der Waals surface area contributed by atoms with Gasteiger partial charge in [-0.1, -0.05) is 27.7 Å². The zero-order chi connectivity index (χ0) is 18.0. The van der Waals surface area contributed by atoms with E-state index in [-0.39, 0.29) is 0 Å². The lowest BCUT2D eigenvalue weighted by molar-refractivity contribution is 0.550. The molecule has 132 valence electrons. The Morgan fingerprint density at radius 2 is 1.00 bits per heavy atom. The molecule has 2 aromatic rings. The third-order valence-corrected chi connectivity index (χ3v) is 3.90. The molecule has 0 aliphatic carbocycles. The minimum Gasteiger partial charge on any atom is -0.330 e. The quantitative estimate of drug-likeness (QED) is 0.619. The highest BCUT2D eigenvalue weighted by atomic mass is 15.2. The van der Waals surface area contributed by atoms with Crippen LogP contribution in [0.5, 0.6) is 0 Å². The molecule has 6 nitrogen and oxygen atoms in total. The predicted molar refractivity (Wildman–Crippen MR) is 97.6 cm³/mol. The predicted octanol–water partition coefficient (Wildman–Crippen LogP) is 5.90. The van der Waals surface area contributed by atoms with Crippen LogP contribution in [0.3, 0.4) is 0 Å². The highest BCUT2D eigenvalue weighted by molar-refractivity contribution is 5.30. The van der Waals surface area contributed by atoms with Crippen molar-refractivity contribution in [3.63, 3.8) is 0 Å². The van der Waals surface area contributed by atoms with Crippen LogP contribution >= 0.6 is 0 Å². The van der Waals surface area contributed by atoms with Crippen LogP contribution in [-0.2, 0) is 0 Å². The zero-order valence-corrected chi connectivity index (χ0v) is 16.1. The van der Waals surface area contributed by atoms with Gasteiger partial charge in [-0.2, -0.15) is 0 Å². The maximum atomic E-state index is 4.61. The molecular weight excluding hydrogens is 300 g/mol. The standard InChI is InChI=1S/C18H30N6/c1-11(2)17-19-15(9-23(17)13(5)6)21-22-16-10-24(14(7)8)18(20-16)12(3)4/h9-14H,1-8H3/b22-21+. The number of hydrogen-bond donors (Lipinski definition) is 0. The van der Waals surface area contributed by atoms with Gasteiger partial charge >= 0.3 is 0 Å². The smallest absolute Gasteiger partial charge is 0.192 e. The van der Waals surface area contributed by atoms with Gasteiger partial charge in [0.15, 0.2) is 11.6 Å². The summed E-state index contributed by atoms with van der Waals surface area (Å²) in [6.45, 7) is 17.1.